The topological polar surface area (TPSA) is 104 Å². The fraction of sp³-hybridized carbons (Fsp3) is 0.556. The van der Waals surface area contributed by atoms with Gasteiger partial charge in [-0.1, -0.05) is 0 Å². The van der Waals surface area contributed by atoms with E-state index < -0.39 is 15.8 Å². The van der Waals surface area contributed by atoms with Gasteiger partial charge in [-0.2, -0.15) is 5.10 Å². The molecule has 0 fully saturated rings. The zero-order chi connectivity index (χ0) is 12.9. The number of anilines is 1. The maximum absolute atomic E-state index is 11.3. The van der Waals surface area contributed by atoms with E-state index >= 15 is 0 Å². The molecule has 17 heavy (non-hydrogen) atoms. The standard InChI is InChI=1S/C9H15N3O4S/c1-17(14,15)4-2-3-16-9(13)7-12-6-8(10)5-11-12/h5-6H,2-4,7,10H2,1H3. The predicted octanol–water partition coefficient (Wildman–Crippen LogP) is -0.557. The van der Waals surface area contributed by atoms with Crippen molar-refractivity contribution in [1.29, 1.82) is 0 Å². The average molecular weight is 261 g/mol. The first kappa shape index (κ1) is 13.5. The summed E-state index contributed by atoms with van der Waals surface area (Å²) in [6.45, 7) is 0.0543. The zero-order valence-corrected chi connectivity index (χ0v) is 10.3. The summed E-state index contributed by atoms with van der Waals surface area (Å²) >= 11 is 0. The van der Waals surface area contributed by atoms with Gasteiger partial charge >= 0.3 is 5.97 Å². The van der Waals surface area contributed by atoms with Crippen molar-refractivity contribution in [3.63, 3.8) is 0 Å². The van der Waals surface area contributed by atoms with Gasteiger partial charge in [0.25, 0.3) is 0 Å². The summed E-state index contributed by atoms with van der Waals surface area (Å²) in [6, 6.07) is 0. The van der Waals surface area contributed by atoms with E-state index in [4.69, 9.17) is 10.5 Å². The molecule has 0 amide bonds. The number of hydrogen-bond donors (Lipinski definition) is 1. The Hall–Kier alpha value is -1.57. The molecule has 0 spiro atoms. The third-order valence-corrected chi connectivity index (χ3v) is 2.90. The van der Waals surface area contributed by atoms with Gasteiger partial charge in [0.1, 0.15) is 16.4 Å². The maximum atomic E-state index is 11.3. The number of hydrogen-bond acceptors (Lipinski definition) is 6. The van der Waals surface area contributed by atoms with Crippen LogP contribution in [0.5, 0.6) is 0 Å². The fourth-order valence-electron chi connectivity index (χ4n) is 1.15. The quantitative estimate of drug-likeness (QED) is 0.544. The van der Waals surface area contributed by atoms with Gasteiger partial charge in [-0.25, -0.2) is 8.42 Å². The van der Waals surface area contributed by atoms with Crippen LogP contribution in [0.25, 0.3) is 0 Å². The Kier molecular flexibility index (Phi) is 4.50. The van der Waals surface area contributed by atoms with Gasteiger partial charge in [-0.05, 0) is 6.42 Å². The van der Waals surface area contributed by atoms with E-state index in [0.29, 0.717) is 12.1 Å². The van der Waals surface area contributed by atoms with Gasteiger partial charge in [-0.3, -0.25) is 9.48 Å². The zero-order valence-electron chi connectivity index (χ0n) is 9.50. The molecule has 8 heteroatoms. The van der Waals surface area contributed by atoms with E-state index in [0.717, 1.165) is 6.26 Å². The molecule has 0 aliphatic rings. The van der Waals surface area contributed by atoms with Crippen molar-refractivity contribution in [3.8, 4) is 0 Å². The molecule has 1 rings (SSSR count). The Morgan fingerprint density at radius 1 is 1.59 bits per heavy atom. The first-order valence-electron chi connectivity index (χ1n) is 4.98. The smallest absolute Gasteiger partial charge is 0.327 e. The van der Waals surface area contributed by atoms with Crippen molar-refractivity contribution in [2.45, 2.75) is 13.0 Å². The molecular formula is C9H15N3O4S. The lowest BCUT2D eigenvalue weighted by Crippen LogP contribution is -2.16. The highest BCUT2D eigenvalue weighted by molar-refractivity contribution is 7.90. The second kappa shape index (κ2) is 5.67. The summed E-state index contributed by atoms with van der Waals surface area (Å²) in [4.78, 5) is 11.3. The van der Waals surface area contributed by atoms with Gasteiger partial charge in [0.05, 0.1) is 24.2 Å². The van der Waals surface area contributed by atoms with E-state index in [1.165, 1.54) is 17.1 Å². The van der Waals surface area contributed by atoms with E-state index in [1.54, 1.807) is 0 Å². The van der Waals surface area contributed by atoms with E-state index in [9.17, 15) is 13.2 Å². The Bertz CT molecular complexity index is 480. The van der Waals surface area contributed by atoms with E-state index in [-0.39, 0.29) is 18.9 Å². The number of sulfone groups is 1. The Labute approximate surface area is 99.5 Å². The summed E-state index contributed by atoms with van der Waals surface area (Å²) in [7, 11) is -3.00. The van der Waals surface area contributed by atoms with Crippen molar-refractivity contribution in [1.82, 2.24) is 9.78 Å². The molecule has 96 valence electrons. The Morgan fingerprint density at radius 2 is 2.29 bits per heavy atom. The van der Waals surface area contributed by atoms with Crippen LogP contribution in [0.1, 0.15) is 6.42 Å². The maximum Gasteiger partial charge on any atom is 0.327 e. The number of nitrogen functional groups attached to an aromatic ring is 1. The average Bonchev–Trinajstić information content (AvgIpc) is 2.57. The second-order valence-corrected chi connectivity index (χ2v) is 5.93. The second-order valence-electron chi connectivity index (χ2n) is 3.68. The van der Waals surface area contributed by atoms with Crippen LogP contribution in [-0.4, -0.2) is 42.8 Å². The lowest BCUT2D eigenvalue weighted by molar-refractivity contribution is -0.144. The number of ether oxygens (including phenoxy) is 1. The molecule has 1 aromatic heterocycles. The van der Waals surface area contributed by atoms with Crippen molar-refractivity contribution in [2.75, 3.05) is 24.3 Å². The highest BCUT2D eigenvalue weighted by Crippen LogP contribution is 1.98. The van der Waals surface area contributed by atoms with Crippen molar-refractivity contribution >= 4 is 21.5 Å². The SMILES string of the molecule is CS(=O)(=O)CCCOC(=O)Cn1cc(N)cn1. The summed E-state index contributed by atoms with van der Waals surface area (Å²) < 4.78 is 27.8. The molecule has 0 unspecified atom stereocenters. The highest BCUT2D eigenvalue weighted by atomic mass is 32.2. The predicted molar refractivity (Wildman–Crippen MR) is 61.9 cm³/mol. The summed E-state index contributed by atoms with van der Waals surface area (Å²) in [6.07, 6.45) is 4.38. The molecule has 0 atom stereocenters. The van der Waals surface area contributed by atoms with Crippen LogP contribution in [0.2, 0.25) is 0 Å². The minimum atomic E-state index is -3.00. The summed E-state index contributed by atoms with van der Waals surface area (Å²) in [5.41, 5.74) is 5.89. The van der Waals surface area contributed by atoms with Crippen LogP contribution in [0.4, 0.5) is 5.69 Å². The lowest BCUT2D eigenvalue weighted by Gasteiger charge is -2.04. The van der Waals surface area contributed by atoms with Crippen molar-refractivity contribution < 1.29 is 17.9 Å². The van der Waals surface area contributed by atoms with E-state index in [2.05, 4.69) is 5.10 Å². The molecule has 0 saturated heterocycles. The number of esters is 1. The van der Waals surface area contributed by atoms with Crippen LogP contribution in [0, 0.1) is 0 Å². The summed E-state index contributed by atoms with van der Waals surface area (Å²) in [5, 5.41) is 3.82. The van der Waals surface area contributed by atoms with Gasteiger partial charge < -0.3 is 10.5 Å². The Morgan fingerprint density at radius 3 is 2.82 bits per heavy atom. The molecule has 2 N–H and O–H groups in total. The molecule has 0 aromatic carbocycles. The Balaban J connectivity index is 2.22. The first-order valence-corrected chi connectivity index (χ1v) is 7.04. The van der Waals surface area contributed by atoms with Crippen LogP contribution in [0.15, 0.2) is 12.4 Å². The molecule has 1 aromatic rings. The van der Waals surface area contributed by atoms with Crippen LogP contribution in [-0.2, 0) is 25.9 Å². The number of rotatable bonds is 6. The number of nitrogens with zero attached hydrogens (tertiary/aromatic N) is 2. The lowest BCUT2D eigenvalue weighted by atomic mass is 10.5. The number of carbonyl (C=O) groups is 1. The minimum absolute atomic E-state index is 0.00893. The van der Waals surface area contributed by atoms with Crippen LogP contribution < -0.4 is 5.73 Å². The molecular weight excluding hydrogens is 246 g/mol. The van der Waals surface area contributed by atoms with Gasteiger partial charge in [0.2, 0.25) is 0 Å². The third-order valence-electron chi connectivity index (χ3n) is 1.87. The molecule has 0 aliphatic carbocycles. The van der Waals surface area contributed by atoms with Crippen molar-refractivity contribution in [2.24, 2.45) is 0 Å². The molecule has 0 saturated carbocycles. The number of aromatic nitrogens is 2. The largest absolute Gasteiger partial charge is 0.464 e. The monoisotopic (exact) mass is 261 g/mol. The van der Waals surface area contributed by atoms with Gasteiger partial charge in [0.15, 0.2) is 0 Å². The molecule has 0 aliphatic heterocycles. The third kappa shape index (κ3) is 5.91. The fourth-order valence-corrected chi connectivity index (χ4v) is 1.79. The molecule has 1 heterocycles. The molecule has 7 nitrogen and oxygen atoms in total. The molecule has 0 bridgehead atoms. The normalized spacial score (nSPS) is 11.4. The van der Waals surface area contributed by atoms with Gasteiger partial charge in [-0.15, -0.1) is 0 Å². The van der Waals surface area contributed by atoms with Crippen LogP contribution >= 0.6 is 0 Å². The summed E-state index contributed by atoms with van der Waals surface area (Å²) in [5.74, 6) is -0.462. The van der Waals surface area contributed by atoms with Crippen LogP contribution in [0.3, 0.4) is 0 Å². The van der Waals surface area contributed by atoms with Crippen molar-refractivity contribution in [3.05, 3.63) is 12.4 Å². The van der Waals surface area contributed by atoms with Gasteiger partial charge in [0, 0.05) is 12.5 Å². The van der Waals surface area contributed by atoms with E-state index in [1.807, 2.05) is 0 Å². The molecule has 0 radical (unpaired) electrons. The number of carbonyl (C=O) groups excluding carboxylic acids is 1. The first-order chi connectivity index (χ1) is 7.87. The highest BCUT2D eigenvalue weighted by Gasteiger charge is 2.06. The number of nitrogens with two attached hydrogens (primary N) is 1. The minimum Gasteiger partial charge on any atom is -0.464 e.